The van der Waals surface area contributed by atoms with Gasteiger partial charge in [-0.3, -0.25) is 4.79 Å². The largest absolute Gasteiger partial charge is 0.349 e. The number of amides is 1. The van der Waals surface area contributed by atoms with Crippen LogP contribution in [0.4, 0.5) is 0 Å². The second-order valence-electron chi connectivity index (χ2n) is 5.48. The molecule has 118 valence electrons. The van der Waals surface area contributed by atoms with Crippen molar-refractivity contribution < 1.29 is 4.79 Å². The minimum Gasteiger partial charge on any atom is -0.349 e. The summed E-state index contributed by atoms with van der Waals surface area (Å²) in [6.07, 6.45) is 17.3. The predicted molar refractivity (Wildman–Crippen MR) is 93.2 cm³/mol. The van der Waals surface area contributed by atoms with Crippen molar-refractivity contribution in [1.82, 2.24) is 5.32 Å². The van der Waals surface area contributed by atoms with E-state index in [1.54, 1.807) is 6.08 Å². The lowest BCUT2D eigenvalue weighted by Crippen LogP contribution is -2.20. The van der Waals surface area contributed by atoms with E-state index in [4.69, 9.17) is 0 Å². The van der Waals surface area contributed by atoms with Crippen LogP contribution in [0, 0.1) is 0 Å². The first-order valence-corrected chi connectivity index (χ1v) is 7.94. The van der Waals surface area contributed by atoms with Gasteiger partial charge in [0.2, 0.25) is 5.91 Å². The highest BCUT2D eigenvalue weighted by Crippen LogP contribution is 2.05. The summed E-state index contributed by atoms with van der Waals surface area (Å²) in [7, 11) is 0. The SMILES string of the molecule is CC/C=C\CC/C=C/C(=O)NC/C=C(\C)CCC=C(C)C. The monoisotopic (exact) mass is 289 g/mol. The topological polar surface area (TPSA) is 29.1 Å². The van der Waals surface area contributed by atoms with Gasteiger partial charge < -0.3 is 5.32 Å². The van der Waals surface area contributed by atoms with Gasteiger partial charge in [-0.15, -0.1) is 0 Å². The van der Waals surface area contributed by atoms with E-state index in [0.717, 1.165) is 32.1 Å². The molecule has 0 aromatic rings. The van der Waals surface area contributed by atoms with Crippen LogP contribution in [0.2, 0.25) is 0 Å². The zero-order chi connectivity index (χ0) is 15.9. The molecule has 0 aromatic heterocycles. The zero-order valence-electron chi connectivity index (χ0n) is 14.1. The minimum absolute atomic E-state index is 0.0113. The molecule has 0 fully saturated rings. The third-order valence-electron chi connectivity index (χ3n) is 2.99. The molecular formula is C19H31NO. The number of carbonyl (C=O) groups is 1. The number of unbranched alkanes of at least 4 members (excludes halogenated alkanes) is 1. The first kappa shape index (κ1) is 19.4. The quantitative estimate of drug-likeness (QED) is 0.338. The van der Waals surface area contributed by atoms with E-state index in [1.807, 2.05) is 6.08 Å². The van der Waals surface area contributed by atoms with Crippen LogP contribution < -0.4 is 5.32 Å². The first-order valence-electron chi connectivity index (χ1n) is 7.94. The molecule has 0 aliphatic heterocycles. The summed E-state index contributed by atoms with van der Waals surface area (Å²) in [4.78, 5) is 11.6. The van der Waals surface area contributed by atoms with Gasteiger partial charge in [0.1, 0.15) is 0 Å². The lowest BCUT2D eigenvalue weighted by atomic mass is 10.1. The molecule has 0 aromatic carbocycles. The predicted octanol–water partition coefficient (Wildman–Crippen LogP) is 5.10. The highest BCUT2D eigenvalue weighted by molar-refractivity contribution is 5.87. The Morgan fingerprint density at radius 3 is 2.33 bits per heavy atom. The van der Waals surface area contributed by atoms with Crippen LogP contribution in [0.5, 0.6) is 0 Å². The molecule has 21 heavy (non-hydrogen) atoms. The second kappa shape index (κ2) is 13.4. The van der Waals surface area contributed by atoms with Crippen molar-refractivity contribution in [2.75, 3.05) is 6.54 Å². The molecular weight excluding hydrogens is 258 g/mol. The van der Waals surface area contributed by atoms with Gasteiger partial charge in [-0.05, 0) is 59.0 Å². The highest BCUT2D eigenvalue weighted by atomic mass is 16.1. The summed E-state index contributed by atoms with van der Waals surface area (Å²) in [5.41, 5.74) is 2.68. The van der Waals surface area contributed by atoms with Gasteiger partial charge in [-0.2, -0.15) is 0 Å². The molecule has 0 saturated carbocycles. The van der Waals surface area contributed by atoms with E-state index in [-0.39, 0.29) is 5.91 Å². The molecule has 0 unspecified atom stereocenters. The molecule has 0 radical (unpaired) electrons. The molecule has 0 aliphatic carbocycles. The second-order valence-corrected chi connectivity index (χ2v) is 5.48. The number of rotatable bonds is 10. The summed E-state index contributed by atoms with van der Waals surface area (Å²) < 4.78 is 0. The van der Waals surface area contributed by atoms with Crippen molar-refractivity contribution in [3.05, 3.63) is 47.6 Å². The summed E-state index contributed by atoms with van der Waals surface area (Å²) in [5.74, 6) is -0.0113. The van der Waals surface area contributed by atoms with E-state index in [0.29, 0.717) is 6.54 Å². The van der Waals surface area contributed by atoms with Crippen molar-refractivity contribution >= 4 is 5.91 Å². The lowest BCUT2D eigenvalue weighted by Gasteiger charge is -2.01. The summed E-state index contributed by atoms with van der Waals surface area (Å²) in [6.45, 7) is 9.07. The molecule has 2 nitrogen and oxygen atoms in total. The number of carbonyl (C=O) groups excluding carboxylic acids is 1. The first-order chi connectivity index (χ1) is 10.1. The fourth-order valence-electron chi connectivity index (χ4n) is 1.74. The molecule has 1 N–H and O–H groups in total. The van der Waals surface area contributed by atoms with Crippen molar-refractivity contribution in [2.24, 2.45) is 0 Å². The normalized spacial score (nSPS) is 12.1. The molecule has 2 heteroatoms. The Labute approximate surface area is 130 Å². The van der Waals surface area contributed by atoms with Gasteiger partial charge in [-0.25, -0.2) is 0 Å². The van der Waals surface area contributed by atoms with Crippen LogP contribution in [-0.4, -0.2) is 12.5 Å². The van der Waals surface area contributed by atoms with Crippen LogP contribution in [0.25, 0.3) is 0 Å². The third kappa shape index (κ3) is 14.6. The fraction of sp³-hybridized carbons (Fsp3) is 0.526. The number of hydrogen-bond acceptors (Lipinski definition) is 1. The average molecular weight is 289 g/mol. The molecule has 0 heterocycles. The fourth-order valence-corrected chi connectivity index (χ4v) is 1.74. The molecule has 0 atom stereocenters. The molecule has 0 saturated heterocycles. The Balaban J connectivity index is 3.79. The van der Waals surface area contributed by atoms with Crippen molar-refractivity contribution in [2.45, 2.75) is 59.8 Å². The molecule has 0 aliphatic rings. The van der Waals surface area contributed by atoms with Gasteiger partial charge in [0.15, 0.2) is 0 Å². The van der Waals surface area contributed by atoms with Crippen molar-refractivity contribution in [3.63, 3.8) is 0 Å². The van der Waals surface area contributed by atoms with Crippen molar-refractivity contribution in [3.8, 4) is 0 Å². The molecule has 1 amide bonds. The van der Waals surface area contributed by atoms with Crippen LogP contribution >= 0.6 is 0 Å². The van der Waals surface area contributed by atoms with Crippen LogP contribution in [0.3, 0.4) is 0 Å². The van der Waals surface area contributed by atoms with E-state index >= 15 is 0 Å². The maximum Gasteiger partial charge on any atom is 0.243 e. The average Bonchev–Trinajstić information content (AvgIpc) is 2.42. The zero-order valence-corrected chi connectivity index (χ0v) is 14.1. The standard InChI is InChI=1S/C19H31NO/c1-5-6-7-8-9-10-14-19(21)20-16-15-18(4)13-11-12-17(2)3/h6-7,10,12,14-15H,5,8-9,11,13,16H2,1-4H3,(H,20,21)/b7-6-,14-10+,18-15+. The van der Waals surface area contributed by atoms with E-state index in [1.165, 1.54) is 11.1 Å². The highest BCUT2D eigenvalue weighted by Gasteiger charge is 1.93. The smallest absolute Gasteiger partial charge is 0.243 e. The van der Waals surface area contributed by atoms with E-state index < -0.39 is 0 Å². The third-order valence-corrected chi connectivity index (χ3v) is 2.99. The lowest BCUT2D eigenvalue weighted by molar-refractivity contribution is -0.116. The van der Waals surface area contributed by atoms with Gasteiger partial charge in [0.25, 0.3) is 0 Å². The maximum absolute atomic E-state index is 11.6. The number of allylic oxidation sites excluding steroid dienone is 6. The maximum atomic E-state index is 11.6. The van der Waals surface area contributed by atoms with Gasteiger partial charge in [-0.1, -0.05) is 48.5 Å². The summed E-state index contributed by atoms with van der Waals surface area (Å²) >= 11 is 0. The Kier molecular flexibility index (Phi) is 12.4. The number of hydrogen-bond donors (Lipinski definition) is 1. The Hall–Kier alpha value is -1.57. The summed E-state index contributed by atoms with van der Waals surface area (Å²) in [6, 6.07) is 0. The van der Waals surface area contributed by atoms with E-state index in [2.05, 4.69) is 57.3 Å². The Morgan fingerprint density at radius 2 is 1.67 bits per heavy atom. The van der Waals surface area contributed by atoms with Gasteiger partial charge in [0.05, 0.1) is 0 Å². The van der Waals surface area contributed by atoms with Crippen molar-refractivity contribution in [1.29, 1.82) is 0 Å². The minimum atomic E-state index is -0.0113. The Morgan fingerprint density at radius 1 is 0.952 bits per heavy atom. The van der Waals surface area contributed by atoms with Crippen LogP contribution in [0.15, 0.2) is 47.6 Å². The molecule has 0 bridgehead atoms. The van der Waals surface area contributed by atoms with Crippen LogP contribution in [-0.2, 0) is 4.79 Å². The van der Waals surface area contributed by atoms with Crippen LogP contribution in [0.1, 0.15) is 59.8 Å². The van der Waals surface area contributed by atoms with E-state index in [9.17, 15) is 4.79 Å². The van der Waals surface area contributed by atoms with Gasteiger partial charge >= 0.3 is 0 Å². The molecule has 0 rings (SSSR count). The summed E-state index contributed by atoms with van der Waals surface area (Å²) in [5, 5.41) is 2.88. The molecule has 0 spiro atoms. The van der Waals surface area contributed by atoms with Gasteiger partial charge in [0, 0.05) is 6.54 Å². The number of nitrogens with one attached hydrogen (secondary N) is 1. The Bertz CT molecular complexity index is 396.